The quantitative estimate of drug-likeness (QED) is 0.842. The minimum atomic E-state index is -0.0728. The SMILES string of the molecule is O=c1[nH]ccn1-c1ccccc1C1CCNCC1. The summed E-state index contributed by atoms with van der Waals surface area (Å²) in [6.07, 6.45) is 5.75. The van der Waals surface area contributed by atoms with Gasteiger partial charge in [-0.25, -0.2) is 4.79 Å². The summed E-state index contributed by atoms with van der Waals surface area (Å²) in [5, 5.41) is 3.38. The van der Waals surface area contributed by atoms with Gasteiger partial charge in [-0.05, 0) is 43.5 Å². The number of nitrogens with one attached hydrogen (secondary N) is 2. The average Bonchev–Trinajstić information content (AvgIpc) is 2.86. The van der Waals surface area contributed by atoms with Crippen molar-refractivity contribution in [3.8, 4) is 5.69 Å². The van der Waals surface area contributed by atoms with Crippen LogP contribution in [0, 0.1) is 0 Å². The van der Waals surface area contributed by atoms with Crippen molar-refractivity contribution in [2.75, 3.05) is 13.1 Å². The lowest BCUT2D eigenvalue weighted by atomic mass is 9.89. The zero-order valence-electron chi connectivity index (χ0n) is 10.2. The molecule has 1 aliphatic heterocycles. The third kappa shape index (κ3) is 1.99. The highest BCUT2D eigenvalue weighted by atomic mass is 16.1. The molecule has 0 bridgehead atoms. The Balaban J connectivity index is 2.05. The molecule has 1 aliphatic rings. The molecule has 1 saturated heterocycles. The van der Waals surface area contributed by atoms with Crippen molar-refractivity contribution in [2.45, 2.75) is 18.8 Å². The number of nitrogens with zero attached hydrogens (tertiary/aromatic N) is 1. The van der Waals surface area contributed by atoms with E-state index in [0.29, 0.717) is 5.92 Å². The molecule has 4 heteroatoms. The van der Waals surface area contributed by atoms with E-state index < -0.39 is 0 Å². The van der Waals surface area contributed by atoms with Crippen LogP contribution in [0.4, 0.5) is 0 Å². The lowest BCUT2D eigenvalue weighted by Crippen LogP contribution is -2.27. The Labute approximate surface area is 106 Å². The molecule has 1 fully saturated rings. The van der Waals surface area contributed by atoms with Crippen molar-refractivity contribution in [1.82, 2.24) is 14.9 Å². The van der Waals surface area contributed by atoms with Crippen molar-refractivity contribution >= 4 is 0 Å². The third-order valence-corrected chi connectivity index (χ3v) is 3.62. The molecule has 0 unspecified atom stereocenters. The molecule has 2 N–H and O–H groups in total. The second kappa shape index (κ2) is 4.82. The van der Waals surface area contributed by atoms with Crippen LogP contribution >= 0.6 is 0 Å². The van der Waals surface area contributed by atoms with Gasteiger partial charge in [-0.3, -0.25) is 4.57 Å². The summed E-state index contributed by atoms with van der Waals surface area (Å²) in [7, 11) is 0. The maximum atomic E-state index is 11.7. The fraction of sp³-hybridized carbons (Fsp3) is 0.357. The van der Waals surface area contributed by atoms with E-state index in [2.05, 4.69) is 22.4 Å². The highest BCUT2D eigenvalue weighted by Gasteiger charge is 2.18. The fourth-order valence-corrected chi connectivity index (χ4v) is 2.70. The number of imidazole rings is 1. The number of aromatic nitrogens is 2. The molecule has 18 heavy (non-hydrogen) atoms. The van der Waals surface area contributed by atoms with Gasteiger partial charge in [0.25, 0.3) is 0 Å². The van der Waals surface area contributed by atoms with Crippen LogP contribution in [0.2, 0.25) is 0 Å². The summed E-state index contributed by atoms with van der Waals surface area (Å²) in [5.74, 6) is 0.546. The van der Waals surface area contributed by atoms with Crippen LogP contribution in [0.5, 0.6) is 0 Å². The normalized spacial score (nSPS) is 16.9. The fourth-order valence-electron chi connectivity index (χ4n) is 2.70. The molecule has 94 valence electrons. The van der Waals surface area contributed by atoms with Crippen LogP contribution in [0.1, 0.15) is 24.3 Å². The smallest absolute Gasteiger partial charge is 0.317 e. The number of benzene rings is 1. The Morgan fingerprint density at radius 1 is 1.17 bits per heavy atom. The van der Waals surface area contributed by atoms with Gasteiger partial charge in [0.1, 0.15) is 0 Å². The molecular weight excluding hydrogens is 226 g/mol. The molecular formula is C14H17N3O. The molecule has 0 saturated carbocycles. The Morgan fingerprint density at radius 3 is 2.67 bits per heavy atom. The first-order valence-electron chi connectivity index (χ1n) is 6.42. The zero-order chi connectivity index (χ0) is 12.4. The molecule has 2 heterocycles. The Morgan fingerprint density at radius 2 is 1.94 bits per heavy atom. The first-order chi connectivity index (χ1) is 8.86. The zero-order valence-corrected chi connectivity index (χ0v) is 10.2. The van der Waals surface area contributed by atoms with E-state index in [1.807, 2.05) is 12.1 Å². The Kier molecular flexibility index (Phi) is 3.02. The molecule has 0 amide bonds. The number of rotatable bonds is 2. The molecule has 1 aromatic heterocycles. The lowest BCUT2D eigenvalue weighted by Gasteiger charge is -2.25. The average molecular weight is 243 g/mol. The van der Waals surface area contributed by atoms with Crippen LogP contribution in [0.25, 0.3) is 5.69 Å². The summed E-state index contributed by atoms with van der Waals surface area (Å²) in [6, 6.07) is 8.20. The van der Waals surface area contributed by atoms with E-state index in [4.69, 9.17) is 0 Å². The predicted octanol–water partition coefficient (Wildman–Crippen LogP) is 1.63. The first kappa shape index (κ1) is 11.3. The molecule has 2 aromatic rings. The van der Waals surface area contributed by atoms with Gasteiger partial charge >= 0.3 is 5.69 Å². The Hall–Kier alpha value is -1.81. The van der Waals surface area contributed by atoms with Crippen LogP contribution in [0.15, 0.2) is 41.5 Å². The summed E-state index contributed by atoms with van der Waals surface area (Å²) in [4.78, 5) is 14.4. The number of hydrogen-bond acceptors (Lipinski definition) is 2. The van der Waals surface area contributed by atoms with Gasteiger partial charge in [-0.15, -0.1) is 0 Å². The second-order valence-corrected chi connectivity index (χ2v) is 4.72. The summed E-state index contributed by atoms with van der Waals surface area (Å²) in [6.45, 7) is 2.11. The van der Waals surface area contributed by atoms with E-state index in [1.165, 1.54) is 5.56 Å². The maximum absolute atomic E-state index is 11.7. The highest BCUT2D eigenvalue weighted by Crippen LogP contribution is 2.29. The first-order valence-corrected chi connectivity index (χ1v) is 6.42. The number of piperidine rings is 1. The van der Waals surface area contributed by atoms with Gasteiger partial charge in [-0.2, -0.15) is 0 Å². The van der Waals surface area contributed by atoms with Gasteiger partial charge in [0.15, 0.2) is 0 Å². The number of para-hydroxylation sites is 1. The van der Waals surface area contributed by atoms with Crippen LogP contribution in [-0.2, 0) is 0 Å². The van der Waals surface area contributed by atoms with Gasteiger partial charge in [0, 0.05) is 12.4 Å². The van der Waals surface area contributed by atoms with E-state index in [-0.39, 0.29) is 5.69 Å². The van der Waals surface area contributed by atoms with Gasteiger partial charge in [0.2, 0.25) is 0 Å². The van der Waals surface area contributed by atoms with E-state index in [1.54, 1.807) is 17.0 Å². The lowest BCUT2D eigenvalue weighted by molar-refractivity contribution is 0.459. The van der Waals surface area contributed by atoms with E-state index in [0.717, 1.165) is 31.6 Å². The second-order valence-electron chi connectivity index (χ2n) is 4.72. The number of H-pyrrole nitrogens is 1. The van der Waals surface area contributed by atoms with Crippen LogP contribution < -0.4 is 11.0 Å². The standard InChI is InChI=1S/C14H17N3O/c18-14-16-9-10-17(14)13-4-2-1-3-12(13)11-5-7-15-8-6-11/h1-4,9-11,15H,5-8H2,(H,16,18). The van der Waals surface area contributed by atoms with Gasteiger partial charge < -0.3 is 10.3 Å². The minimum absolute atomic E-state index is 0.0728. The largest absolute Gasteiger partial charge is 0.330 e. The van der Waals surface area contributed by atoms with Crippen molar-refractivity contribution in [3.05, 3.63) is 52.7 Å². The molecule has 3 rings (SSSR count). The molecule has 0 radical (unpaired) electrons. The van der Waals surface area contributed by atoms with Crippen molar-refractivity contribution in [3.63, 3.8) is 0 Å². The van der Waals surface area contributed by atoms with E-state index >= 15 is 0 Å². The molecule has 0 aliphatic carbocycles. The van der Waals surface area contributed by atoms with Crippen molar-refractivity contribution in [1.29, 1.82) is 0 Å². The highest BCUT2D eigenvalue weighted by molar-refractivity contribution is 5.43. The van der Waals surface area contributed by atoms with Crippen molar-refractivity contribution in [2.24, 2.45) is 0 Å². The van der Waals surface area contributed by atoms with Gasteiger partial charge in [-0.1, -0.05) is 18.2 Å². The van der Waals surface area contributed by atoms with Gasteiger partial charge in [0.05, 0.1) is 5.69 Å². The van der Waals surface area contributed by atoms with E-state index in [9.17, 15) is 4.79 Å². The molecule has 1 aromatic carbocycles. The predicted molar refractivity (Wildman–Crippen MR) is 71.2 cm³/mol. The number of aromatic amines is 1. The summed E-state index contributed by atoms with van der Waals surface area (Å²) in [5.41, 5.74) is 2.22. The minimum Gasteiger partial charge on any atom is -0.317 e. The Bertz CT molecular complexity index is 578. The van der Waals surface area contributed by atoms with Crippen LogP contribution in [-0.4, -0.2) is 22.6 Å². The van der Waals surface area contributed by atoms with Crippen LogP contribution in [0.3, 0.4) is 0 Å². The molecule has 4 nitrogen and oxygen atoms in total. The molecule has 0 atom stereocenters. The topological polar surface area (TPSA) is 49.8 Å². The monoisotopic (exact) mass is 243 g/mol. The molecule has 0 spiro atoms. The third-order valence-electron chi connectivity index (χ3n) is 3.62. The number of hydrogen-bond donors (Lipinski definition) is 2. The summed E-state index contributed by atoms with van der Waals surface area (Å²) >= 11 is 0. The maximum Gasteiger partial charge on any atom is 0.330 e. The summed E-state index contributed by atoms with van der Waals surface area (Å²) < 4.78 is 1.69. The van der Waals surface area contributed by atoms with Crippen molar-refractivity contribution < 1.29 is 0 Å².